The van der Waals surface area contributed by atoms with Gasteiger partial charge in [0, 0.05) is 10.2 Å². The number of carbonyl (C=O) groups is 1. The molecule has 0 bridgehead atoms. The lowest BCUT2D eigenvalue weighted by Crippen LogP contribution is -2.47. The topological polar surface area (TPSA) is 55.1 Å². The van der Waals surface area contributed by atoms with E-state index in [1.54, 1.807) is 6.92 Å². The van der Waals surface area contributed by atoms with Gasteiger partial charge in [0.1, 0.15) is 0 Å². The van der Waals surface area contributed by atoms with Crippen LogP contribution in [0.25, 0.3) is 0 Å². The highest BCUT2D eigenvalue weighted by Crippen LogP contribution is 2.21. The molecule has 4 heteroatoms. The molecule has 0 radical (unpaired) electrons. The average Bonchev–Trinajstić information content (AvgIpc) is 2.22. The van der Waals surface area contributed by atoms with Crippen molar-refractivity contribution in [2.45, 2.75) is 32.7 Å². The molecule has 0 saturated carbocycles. The van der Waals surface area contributed by atoms with Crippen molar-refractivity contribution in [1.29, 1.82) is 0 Å². The third kappa shape index (κ3) is 3.06. The molecule has 1 aromatic rings. The molecule has 1 aromatic carbocycles. The summed E-state index contributed by atoms with van der Waals surface area (Å²) >= 11 is 3.38. The average molecular weight is 285 g/mol. The highest BCUT2D eigenvalue weighted by Gasteiger charge is 2.26. The number of amides is 1. The number of carbonyl (C=O) groups excluding carboxylic acids is 1. The molecule has 1 amide bonds. The van der Waals surface area contributed by atoms with Crippen molar-refractivity contribution in [3.05, 3.63) is 28.2 Å². The molecule has 1 unspecified atom stereocenters. The summed E-state index contributed by atoms with van der Waals surface area (Å²) in [5.41, 5.74) is 6.86. The van der Waals surface area contributed by atoms with Gasteiger partial charge in [0.15, 0.2) is 0 Å². The Labute approximate surface area is 105 Å². The van der Waals surface area contributed by atoms with Crippen molar-refractivity contribution in [3.63, 3.8) is 0 Å². The maximum Gasteiger partial charge on any atom is 0.244 e. The van der Waals surface area contributed by atoms with Crippen LogP contribution < -0.4 is 11.1 Å². The molecule has 0 aromatic heterocycles. The number of halogens is 1. The lowest BCUT2D eigenvalue weighted by Gasteiger charge is -2.22. The van der Waals surface area contributed by atoms with Gasteiger partial charge in [-0.2, -0.15) is 0 Å². The molecule has 16 heavy (non-hydrogen) atoms. The number of rotatable bonds is 3. The smallest absolute Gasteiger partial charge is 0.244 e. The molecular formula is C12H17BrN2O. The second-order valence-electron chi connectivity index (χ2n) is 4.18. The number of aryl methyl sites for hydroxylation is 1. The molecule has 3 nitrogen and oxygen atoms in total. The van der Waals surface area contributed by atoms with Crippen LogP contribution in [0.2, 0.25) is 0 Å². The van der Waals surface area contributed by atoms with Gasteiger partial charge in [-0.15, -0.1) is 0 Å². The molecule has 0 aliphatic rings. The maximum atomic E-state index is 11.9. The third-order valence-corrected chi connectivity index (χ3v) is 3.18. The Bertz CT molecular complexity index is 402. The first-order valence-corrected chi connectivity index (χ1v) is 6.02. The van der Waals surface area contributed by atoms with E-state index in [0.29, 0.717) is 6.42 Å². The van der Waals surface area contributed by atoms with Crippen LogP contribution in [0.15, 0.2) is 22.7 Å². The first-order valence-electron chi connectivity index (χ1n) is 5.23. The summed E-state index contributed by atoms with van der Waals surface area (Å²) in [5, 5.41) is 2.84. The normalized spacial score (nSPS) is 14.3. The van der Waals surface area contributed by atoms with E-state index in [2.05, 4.69) is 21.2 Å². The van der Waals surface area contributed by atoms with Crippen LogP contribution in [0.5, 0.6) is 0 Å². The van der Waals surface area contributed by atoms with Gasteiger partial charge in [-0.25, -0.2) is 0 Å². The maximum absolute atomic E-state index is 11.9. The van der Waals surface area contributed by atoms with E-state index in [9.17, 15) is 4.79 Å². The van der Waals surface area contributed by atoms with Crippen LogP contribution in [-0.2, 0) is 4.79 Å². The number of hydrogen-bond acceptors (Lipinski definition) is 2. The summed E-state index contributed by atoms with van der Waals surface area (Å²) in [4.78, 5) is 11.9. The van der Waals surface area contributed by atoms with E-state index < -0.39 is 5.54 Å². The molecular weight excluding hydrogens is 268 g/mol. The molecule has 0 saturated heterocycles. The zero-order chi connectivity index (χ0) is 12.3. The van der Waals surface area contributed by atoms with E-state index in [0.717, 1.165) is 15.7 Å². The molecule has 0 fully saturated rings. The first-order chi connectivity index (χ1) is 7.36. The fraction of sp³-hybridized carbons (Fsp3) is 0.417. The Morgan fingerprint density at radius 1 is 1.56 bits per heavy atom. The van der Waals surface area contributed by atoms with Crippen molar-refractivity contribution in [1.82, 2.24) is 0 Å². The van der Waals surface area contributed by atoms with E-state index in [-0.39, 0.29) is 5.91 Å². The Morgan fingerprint density at radius 2 is 2.19 bits per heavy atom. The quantitative estimate of drug-likeness (QED) is 0.897. The second kappa shape index (κ2) is 4.97. The zero-order valence-corrected chi connectivity index (χ0v) is 11.4. The van der Waals surface area contributed by atoms with Crippen molar-refractivity contribution in [3.8, 4) is 0 Å². The Hall–Kier alpha value is -0.870. The van der Waals surface area contributed by atoms with Gasteiger partial charge in [0.2, 0.25) is 5.91 Å². The van der Waals surface area contributed by atoms with Crippen molar-refractivity contribution < 1.29 is 4.79 Å². The Morgan fingerprint density at radius 3 is 2.69 bits per heavy atom. The number of benzene rings is 1. The number of hydrogen-bond donors (Lipinski definition) is 2. The minimum absolute atomic E-state index is 0.152. The Kier molecular flexibility index (Phi) is 4.10. The van der Waals surface area contributed by atoms with Crippen LogP contribution in [0.1, 0.15) is 25.8 Å². The zero-order valence-electron chi connectivity index (χ0n) is 9.80. The number of anilines is 1. The number of nitrogens with one attached hydrogen (secondary N) is 1. The van der Waals surface area contributed by atoms with Gasteiger partial charge in [-0.3, -0.25) is 4.79 Å². The van der Waals surface area contributed by atoms with E-state index in [1.165, 1.54) is 0 Å². The second-order valence-corrected chi connectivity index (χ2v) is 5.10. The van der Waals surface area contributed by atoms with Crippen LogP contribution in [0.4, 0.5) is 5.69 Å². The fourth-order valence-electron chi connectivity index (χ4n) is 1.19. The van der Waals surface area contributed by atoms with Crippen molar-refractivity contribution in [2.75, 3.05) is 5.32 Å². The molecule has 88 valence electrons. The molecule has 0 aliphatic heterocycles. The van der Waals surface area contributed by atoms with E-state index in [4.69, 9.17) is 5.73 Å². The van der Waals surface area contributed by atoms with Gasteiger partial charge < -0.3 is 11.1 Å². The van der Waals surface area contributed by atoms with Gasteiger partial charge in [0.25, 0.3) is 0 Å². The minimum Gasteiger partial charge on any atom is -0.324 e. The van der Waals surface area contributed by atoms with Crippen molar-refractivity contribution in [2.24, 2.45) is 5.73 Å². The standard InChI is InChI=1S/C12H17BrN2O/c1-4-12(3,14)11(16)15-10-6-5-9(13)7-8(10)2/h5-7H,4,14H2,1-3H3,(H,15,16). The van der Waals surface area contributed by atoms with Gasteiger partial charge in [0.05, 0.1) is 5.54 Å². The van der Waals surface area contributed by atoms with E-state index in [1.807, 2.05) is 32.0 Å². The van der Waals surface area contributed by atoms with Crippen molar-refractivity contribution >= 4 is 27.5 Å². The molecule has 1 rings (SSSR count). The van der Waals surface area contributed by atoms with E-state index >= 15 is 0 Å². The summed E-state index contributed by atoms with van der Waals surface area (Å²) in [5.74, 6) is -0.152. The largest absolute Gasteiger partial charge is 0.324 e. The fourth-order valence-corrected chi connectivity index (χ4v) is 1.67. The molecule has 1 atom stereocenters. The molecule has 3 N–H and O–H groups in total. The highest BCUT2D eigenvalue weighted by molar-refractivity contribution is 9.10. The minimum atomic E-state index is -0.820. The Balaban J connectivity index is 2.85. The monoisotopic (exact) mass is 284 g/mol. The van der Waals surface area contributed by atoms with Crippen LogP contribution in [0.3, 0.4) is 0 Å². The van der Waals surface area contributed by atoms with Crippen LogP contribution in [-0.4, -0.2) is 11.4 Å². The van der Waals surface area contributed by atoms with Crippen LogP contribution in [0, 0.1) is 6.92 Å². The summed E-state index contributed by atoms with van der Waals surface area (Å²) < 4.78 is 0.994. The molecule has 0 aliphatic carbocycles. The van der Waals surface area contributed by atoms with Gasteiger partial charge in [-0.05, 0) is 44.0 Å². The summed E-state index contributed by atoms with van der Waals surface area (Å²) in [7, 11) is 0. The molecule has 0 spiro atoms. The highest BCUT2D eigenvalue weighted by atomic mass is 79.9. The SMILES string of the molecule is CCC(C)(N)C(=O)Nc1ccc(Br)cc1C. The van der Waals surface area contributed by atoms with Gasteiger partial charge >= 0.3 is 0 Å². The third-order valence-electron chi connectivity index (χ3n) is 2.69. The van der Waals surface area contributed by atoms with Crippen LogP contribution >= 0.6 is 15.9 Å². The predicted molar refractivity (Wildman–Crippen MR) is 70.4 cm³/mol. The summed E-state index contributed by atoms with van der Waals surface area (Å²) in [6, 6.07) is 5.71. The van der Waals surface area contributed by atoms with Gasteiger partial charge in [-0.1, -0.05) is 22.9 Å². The lowest BCUT2D eigenvalue weighted by molar-refractivity contribution is -0.120. The summed E-state index contributed by atoms with van der Waals surface area (Å²) in [6.45, 7) is 5.57. The predicted octanol–water partition coefficient (Wildman–Crippen LogP) is 2.82. The first kappa shape index (κ1) is 13.2. The number of nitrogens with two attached hydrogens (primary N) is 1. The lowest BCUT2D eigenvalue weighted by atomic mass is 9.99. The summed E-state index contributed by atoms with van der Waals surface area (Å²) in [6.07, 6.45) is 0.606. The molecule has 0 heterocycles.